The number of hydrogen-bond donors (Lipinski definition) is 1. The number of unbranched alkanes of at least 4 members (excludes halogenated alkanes) is 1. The van der Waals surface area contributed by atoms with E-state index >= 15 is 0 Å². The van der Waals surface area contributed by atoms with E-state index in [4.69, 9.17) is 19.1 Å². The number of esters is 1. The first-order valence-electron chi connectivity index (χ1n) is 13.3. The third kappa shape index (κ3) is 7.88. The van der Waals surface area contributed by atoms with Gasteiger partial charge in [-0.25, -0.2) is 13.2 Å². The smallest absolute Gasteiger partial charge is 0.373 e. The number of hydrogen-bond acceptors (Lipinski definition) is 8. The van der Waals surface area contributed by atoms with Gasteiger partial charge >= 0.3 is 12.1 Å². The van der Waals surface area contributed by atoms with Gasteiger partial charge in [-0.1, -0.05) is 63.9 Å². The summed E-state index contributed by atoms with van der Waals surface area (Å²) in [5.41, 5.74) is 2.11. The number of sulfone groups is 1. The van der Waals surface area contributed by atoms with E-state index in [0.29, 0.717) is 35.3 Å². The molecule has 0 bridgehead atoms. The summed E-state index contributed by atoms with van der Waals surface area (Å²) < 4.78 is 38.8. The van der Waals surface area contributed by atoms with Gasteiger partial charge in [0.05, 0.1) is 30.4 Å². The zero-order valence-corrected chi connectivity index (χ0v) is 24.2. The lowest BCUT2D eigenvalue weighted by atomic mass is 9.87. The minimum Gasteiger partial charge on any atom is -0.496 e. The molecule has 1 N–H and O–H groups in total. The molecule has 8 nitrogen and oxygen atoms in total. The fraction of sp³-hybridized carbons (Fsp3) is 0.467. The Labute approximate surface area is 231 Å². The molecule has 1 heterocycles. The van der Waals surface area contributed by atoms with Crippen molar-refractivity contribution in [1.82, 2.24) is 5.32 Å². The second kappa shape index (κ2) is 14.8. The van der Waals surface area contributed by atoms with E-state index in [2.05, 4.69) is 19.2 Å². The van der Waals surface area contributed by atoms with Gasteiger partial charge in [0.2, 0.25) is 0 Å². The van der Waals surface area contributed by atoms with Crippen LogP contribution in [0.15, 0.2) is 52.9 Å². The number of rotatable bonds is 10. The highest BCUT2D eigenvalue weighted by molar-refractivity contribution is 7.91. The molecule has 0 fully saturated rings. The van der Waals surface area contributed by atoms with Crippen LogP contribution in [0.3, 0.4) is 0 Å². The van der Waals surface area contributed by atoms with E-state index in [0.717, 1.165) is 24.8 Å². The Morgan fingerprint density at radius 1 is 1.13 bits per heavy atom. The lowest BCUT2D eigenvalue weighted by molar-refractivity contribution is -0.191. The van der Waals surface area contributed by atoms with Crippen molar-refractivity contribution >= 4 is 28.0 Å². The van der Waals surface area contributed by atoms with E-state index in [-0.39, 0.29) is 29.4 Å². The summed E-state index contributed by atoms with van der Waals surface area (Å²) in [4.78, 5) is 29.0. The quantitative estimate of drug-likeness (QED) is 0.310. The highest BCUT2D eigenvalue weighted by atomic mass is 32.2. The van der Waals surface area contributed by atoms with Gasteiger partial charge < -0.3 is 9.47 Å². The number of carbonyl (C=O) groups is 1. The topological polar surface area (TPSA) is 116 Å². The number of carbonyl (C=O) groups excluding carboxylic acids is 3. The van der Waals surface area contributed by atoms with E-state index in [1.165, 1.54) is 0 Å². The molecule has 1 aliphatic heterocycles. The van der Waals surface area contributed by atoms with Gasteiger partial charge in [-0.15, -0.1) is 0 Å². The molecule has 0 aliphatic carbocycles. The molecule has 212 valence electrons. The average Bonchev–Trinajstić information content (AvgIpc) is 3.03. The minimum absolute atomic E-state index is 0.0147. The van der Waals surface area contributed by atoms with Crippen molar-refractivity contribution in [2.75, 3.05) is 19.5 Å². The largest absolute Gasteiger partial charge is 0.496 e. The summed E-state index contributed by atoms with van der Waals surface area (Å²) >= 11 is 0. The maximum atomic E-state index is 14.0. The van der Waals surface area contributed by atoms with Crippen LogP contribution in [0.25, 0.3) is 6.08 Å². The van der Waals surface area contributed by atoms with Gasteiger partial charge in [-0.2, -0.15) is 9.59 Å². The molecule has 0 saturated heterocycles. The number of nitrogens with one attached hydrogen (secondary N) is 1. The van der Waals surface area contributed by atoms with Crippen molar-refractivity contribution in [3.63, 3.8) is 0 Å². The molecule has 0 unspecified atom stereocenters. The summed E-state index contributed by atoms with van der Waals surface area (Å²) in [6, 6.07) is 13.1. The van der Waals surface area contributed by atoms with Gasteiger partial charge in [-0.3, -0.25) is 5.32 Å². The Balaban J connectivity index is 0.00000170. The predicted molar refractivity (Wildman–Crippen MR) is 149 cm³/mol. The zero-order chi connectivity index (χ0) is 29.1. The number of fused-ring (bicyclic) bond motifs is 1. The van der Waals surface area contributed by atoms with E-state index < -0.39 is 21.3 Å². The van der Waals surface area contributed by atoms with Crippen LogP contribution in [-0.2, 0) is 29.0 Å². The van der Waals surface area contributed by atoms with E-state index in [1.54, 1.807) is 26.2 Å². The third-order valence-electron chi connectivity index (χ3n) is 6.99. The molecule has 1 aliphatic rings. The Bertz CT molecular complexity index is 1280. The van der Waals surface area contributed by atoms with Gasteiger partial charge in [-0.05, 0) is 55.5 Å². The lowest BCUT2D eigenvalue weighted by Gasteiger charge is -2.36. The highest BCUT2D eigenvalue weighted by Gasteiger charge is 2.42. The summed E-state index contributed by atoms with van der Waals surface area (Å²) in [5, 5.41) is 3.78. The first-order valence-corrected chi connectivity index (χ1v) is 14.9. The highest BCUT2D eigenvalue weighted by Crippen LogP contribution is 2.41. The van der Waals surface area contributed by atoms with Crippen molar-refractivity contribution in [3.05, 3.63) is 64.7 Å². The Hall–Kier alpha value is -3.26. The van der Waals surface area contributed by atoms with Crippen LogP contribution in [-0.4, -0.2) is 45.5 Å². The van der Waals surface area contributed by atoms with Crippen LogP contribution in [0.1, 0.15) is 82.5 Å². The average molecular weight is 558 g/mol. The molecule has 0 amide bonds. The van der Waals surface area contributed by atoms with Gasteiger partial charge in [0.15, 0.2) is 9.84 Å². The number of ether oxygens (including phenoxy) is 2. The van der Waals surface area contributed by atoms with E-state index in [9.17, 15) is 13.2 Å². The third-order valence-corrected chi connectivity index (χ3v) is 8.95. The van der Waals surface area contributed by atoms with Crippen LogP contribution in [0.2, 0.25) is 0 Å². The molecule has 2 atom stereocenters. The molecular formula is C30H39NO7S. The van der Waals surface area contributed by atoms with Crippen molar-refractivity contribution in [1.29, 1.82) is 0 Å². The second-order valence-corrected chi connectivity index (χ2v) is 11.4. The normalized spacial score (nSPS) is 19.9. The molecule has 2 aromatic carbocycles. The summed E-state index contributed by atoms with van der Waals surface area (Å²) in [6.07, 6.45) is 5.77. The zero-order valence-electron chi connectivity index (χ0n) is 23.4. The van der Waals surface area contributed by atoms with Crippen LogP contribution >= 0.6 is 0 Å². The Morgan fingerprint density at radius 3 is 2.33 bits per heavy atom. The number of benzene rings is 2. The minimum atomic E-state index is -3.65. The summed E-state index contributed by atoms with van der Waals surface area (Å²) in [5.74, 6) is 0.119. The molecule has 2 aromatic rings. The fourth-order valence-electron chi connectivity index (χ4n) is 4.91. The van der Waals surface area contributed by atoms with Crippen molar-refractivity contribution in [2.45, 2.75) is 76.3 Å². The maximum absolute atomic E-state index is 14.0. The predicted octanol–water partition coefficient (Wildman–Crippen LogP) is 5.27. The molecular weight excluding hydrogens is 518 g/mol. The van der Waals surface area contributed by atoms with Crippen molar-refractivity contribution in [3.8, 4) is 5.75 Å². The van der Waals surface area contributed by atoms with Crippen LogP contribution in [0.4, 0.5) is 0 Å². The SMILES string of the molecule is CCCC[C@]1(CC)CS(=O)(=O)c2cc(/C=C(/CC)C(=O)OCC)c(OC)cc2[C@@H](c2ccccc2)N1.O=C=O. The molecule has 0 aromatic heterocycles. The number of methoxy groups -OCH3 is 1. The second-order valence-electron chi connectivity index (χ2n) is 9.44. The molecule has 0 spiro atoms. The van der Waals surface area contributed by atoms with E-state index in [1.807, 2.05) is 43.3 Å². The first-order chi connectivity index (χ1) is 18.6. The van der Waals surface area contributed by atoms with Gasteiger partial charge in [0.1, 0.15) is 5.75 Å². The Kier molecular flexibility index (Phi) is 12.1. The summed E-state index contributed by atoms with van der Waals surface area (Å²) in [6.45, 7) is 8.07. The standard InChI is InChI=1S/C29H39NO5S.CO2/c1-6-10-16-29(8-3)20-36(32,33)26-18-23(17-21(7-2)28(31)35-9-4)25(34-5)19-24(26)27(30-29)22-14-12-11-13-15-22;2-1-3/h11-15,17-19,27,30H,6-10,16,20H2,1-5H3;/b21-17-;/t27-,29-;/m1./s1. The first kappa shape index (κ1) is 32.0. The maximum Gasteiger partial charge on any atom is 0.373 e. The lowest BCUT2D eigenvalue weighted by Crippen LogP contribution is -2.50. The van der Waals surface area contributed by atoms with Crippen molar-refractivity contribution in [2.24, 2.45) is 0 Å². The van der Waals surface area contributed by atoms with Crippen LogP contribution in [0.5, 0.6) is 5.75 Å². The molecule has 39 heavy (non-hydrogen) atoms. The van der Waals surface area contributed by atoms with Gasteiger partial charge in [0, 0.05) is 16.7 Å². The molecule has 9 heteroatoms. The Morgan fingerprint density at radius 2 is 1.79 bits per heavy atom. The fourth-order valence-corrected chi connectivity index (χ4v) is 7.07. The molecule has 0 saturated carbocycles. The molecule has 3 rings (SSSR count). The molecule has 0 radical (unpaired) electrons. The van der Waals surface area contributed by atoms with Gasteiger partial charge in [0.25, 0.3) is 0 Å². The summed E-state index contributed by atoms with van der Waals surface area (Å²) in [7, 11) is -2.10. The van der Waals surface area contributed by atoms with Crippen LogP contribution < -0.4 is 10.1 Å². The van der Waals surface area contributed by atoms with Crippen LogP contribution in [0, 0.1) is 0 Å². The monoisotopic (exact) mass is 557 g/mol. The van der Waals surface area contributed by atoms with Crippen molar-refractivity contribution < 1.29 is 32.3 Å².